The van der Waals surface area contributed by atoms with Crippen LogP contribution in [-0.2, 0) is 4.79 Å². The molecule has 0 saturated heterocycles. The SMILES string of the molecule is C=CCNC(=O)/C(=C\C=C\c1ccccc1)NC(=O)c1ccc(Br)cc1. The molecule has 0 unspecified atom stereocenters. The van der Waals surface area contributed by atoms with Crippen molar-refractivity contribution < 1.29 is 9.59 Å². The van der Waals surface area contributed by atoms with E-state index in [4.69, 9.17) is 0 Å². The largest absolute Gasteiger partial charge is 0.347 e. The lowest BCUT2D eigenvalue weighted by molar-refractivity contribution is -0.117. The Labute approximate surface area is 161 Å². The van der Waals surface area contributed by atoms with Gasteiger partial charge in [0.2, 0.25) is 0 Å². The van der Waals surface area contributed by atoms with Gasteiger partial charge in [-0.2, -0.15) is 0 Å². The minimum Gasteiger partial charge on any atom is -0.347 e. The summed E-state index contributed by atoms with van der Waals surface area (Å²) in [5.74, 6) is -0.737. The van der Waals surface area contributed by atoms with Crippen LogP contribution in [0.3, 0.4) is 0 Å². The van der Waals surface area contributed by atoms with Crippen molar-refractivity contribution >= 4 is 33.8 Å². The summed E-state index contributed by atoms with van der Waals surface area (Å²) in [6, 6.07) is 16.6. The summed E-state index contributed by atoms with van der Waals surface area (Å²) in [7, 11) is 0. The van der Waals surface area contributed by atoms with Crippen LogP contribution in [0.25, 0.3) is 6.08 Å². The van der Waals surface area contributed by atoms with Crippen LogP contribution in [-0.4, -0.2) is 18.4 Å². The monoisotopic (exact) mass is 410 g/mol. The first kappa shape index (κ1) is 19.4. The number of carbonyl (C=O) groups is 2. The van der Waals surface area contributed by atoms with Crippen molar-refractivity contribution in [1.29, 1.82) is 0 Å². The van der Waals surface area contributed by atoms with Crippen molar-refractivity contribution in [3.05, 3.63) is 101 Å². The predicted molar refractivity (Wildman–Crippen MR) is 108 cm³/mol. The van der Waals surface area contributed by atoms with Gasteiger partial charge in [0.1, 0.15) is 5.70 Å². The third-order valence-corrected chi connectivity index (χ3v) is 3.89. The van der Waals surface area contributed by atoms with Gasteiger partial charge in [0, 0.05) is 16.6 Å². The van der Waals surface area contributed by atoms with Crippen molar-refractivity contribution in [1.82, 2.24) is 10.6 Å². The van der Waals surface area contributed by atoms with Gasteiger partial charge in [-0.1, -0.05) is 64.5 Å². The Morgan fingerprint density at radius 3 is 2.38 bits per heavy atom. The first-order chi connectivity index (χ1) is 12.6. The number of hydrogen-bond donors (Lipinski definition) is 2. The van der Waals surface area contributed by atoms with Gasteiger partial charge in [0.15, 0.2) is 0 Å². The molecule has 0 saturated carbocycles. The van der Waals surface area contributed by atoms with Crippen LogP contribution in [0.1, 0.15) is 15.9 Å². The second kappa shape index (κ2) is 10.2. The van der Waals surface area contributed by atoms with E-state index in [0.717, 1.165) is 10.0 Å². The highest BCUT2D eigenvalue weighted by Crippen LogP contribution is 2.11. The Hall–Kier alpha value is -2.92. The van der Waals surface area contributed by atoms with E-state index in [-0.39, 0.29) is 17.5 Å². The van der Waals surface area contributed by atoms with Gasteiger partial charge in [-0.25, -0.2) is 0 Å². The maximum absolute atomic E-state index is 12.4. The number of amides is 2. The molecular weight excluding hydrogens is 392 g/mol. The molecule has 5 heteroatoms. The van der Waals surface area contributed by atoms with Crippen molar-refractivity contribution in [2.24, 2.45) is 0 Å². The average Bonchev–Trinajstić information content (AvgIpc) is 2.66. The zero-order valence-electron chi connectivity index (χ0n) is 14.1. The number of carbonyl (C=O) groups excluding carboxylic acids is 2. The molecule has 0 aliphatic heterocycles. The van der Waals surface area contributed by atoms with Crippen molar-refractivity contribution in [2.45, 2.75) is 0 Å². The number of allylic oxidation sites excluding steroid dienone is 2. The molecule has 0 spiro atoms. The highest BCUT2D eigenvalue weighted by molar-refractivity contribution is 9.10. The molecule has 26 heavy (non-hydrogen) atoms. The fourth-order valence-corrected chi connectivity index (χ4v) is 2.31. The lowest BCUT2D eigenvalue weighted by Crippen LogP contribution is -2.34. The van der Waals surface area contributed by atoms with Crippen molar-refractivity contribution in [3.8, 4) is 0 Å². The zero-order chi connectivity index (χ0) is 18.8. The minimum absolute atomic E-state index is 0.159. The van der Waals surface area contributed by atoms with Gasteiger partial charge in [-0.05, 0) is 35.9 Å². The minimum atomic E-state index is -0.381. The topological polar surface area (TPSA) is 58.2 Å². The van der Waals surface area contributed by atoms with Crippen molar-refractivity contribution in [2.75, 3.05) is 6.54 Å². The second-order valence-electron chi connectivity index (χ2n) is 5.31. The molecule has 132 valence electrons. The highest BCUT2D eigenvalue weighted by Gasteiger charge is 2.13. The van der Waals surface area contributed by atoms with E-state index < -0.39 is 0 Å². The fourth-order valence-electron chi connectivity index (χ4n) is 2.05. The van der Waals surface area contributed by atoms with Crippen LogP contribution in [0.5, 0.6) is 0 Å². The maximum atomic E-state index is 12.4. The van der Waals surface area contributed by atoms with E-state index in [2.05, 4.69) is 33.1 Å². The van der Waals surface area contributed by atoms with E-state index in [1.54, 1.807) is 42.5 Å². The Bertz CT molecular complexity index is 825. The van der Waals surface area contributed by atoms with Gasteiger partial charge in [-0.15, -0.1) is 6.58 Å². The summed E-state index contributed by atoms with van der Waals surface area (Å²) in [5.41, 5.74) is 1.61. The third-order valence-electron chi connectivity index (χ3n) is 3.36. The van der Waals surface area contributed by atoms with Crippen LogP contribution in [0.4, 0.5) is 0 Å². The average molecular weight is 411 g/mol. The van der Waals surface area contributed by atoms with Gasteiger partial charge in [0.05, 0.1) is 0 Å². The molecular formula is C21H19BrN2O2. The molecule has 2 amide bonds. The summed E-state index contributed by atoms with van der Waals surface area (Å²) in [4.78, 5) is 24.7. The van der Waals surface area contributed by atoms with Crippen LogP contribution in [0.15, 0.2) is 89.6 Å². The quantitative estimate of drug-likeness (QED) is 0.410. The molecule has 0 radical (unpaired) electrons. The number of rotatable bonds is 7. The lowest BCUT2D eigenvalue weighted by atomic mass is 10.2. The van der Waals surface area contributed by atoms with Crippen LogP contribution in [0.2, 0.25) is 0 Å². The zero-order valence-corrected chi connectivity index (χ0v) is 15.7. The summed E-state index contributed by atoms with van der Waals surface area (Å²) in [5, 5.41) is 5.32. The third kappa shape index (κ3) is 6.18. The van der Waals surface area contributed by atoms with E-state index in [9.17, 15) is 9.59 Å². The van der Waals surface area contributed by atoms with E-state index in [0.29, 0.717) is 12.1 Å². The van der Waals surface area contributed by atoms with Crippen LogP contribution >= 0.6 is 15.9 Å². The van der Waals surface area contributed by atoms with Gasteiger partial charge in [-0.3, -0.25) is 9.59 Å². The molecule has 0 aliphatic rings. The second-order valence-corrected chi connectivity index (χ2v) is 6.23. The number of nitrogens with one attached hydrogen (secondary N) is 2. The van der Waals surface area contributed by atoms with Gasteiger partial charge >= 0.3 is 0 Å². The molecule has 2 aromatic carbocycles. The van der Waals surface area contributed by atoms with E-state index in [1.165, 1.54) is 0 Å². The highest BCUT2D eigenvalue weighted by atomic mass is 79.9. The molecule has 2 rings (SSSR count). The first-order valence-electron chi connectivity index (χ1n) is 7.99. The molecule has 0 fully saturated rings. The Kier molecular flexibility index (Phi) is 7.58. The molecule has 0 aromatic heterocycles. The summed E-state index contributed by atoms with van der Waals surface area (Å²) < 4.78 is 0.874. The molecule has 2 aromatic rings. The number of benzene rings is 2. The predicted octanol–water partition coefficient (Wildman–Crippen LogP) is 4.08. The lowest BCUT2D eigenvalue weighted by Gasteiger charge is -2.09. The Morgan fingerprint density at radius 1 is 1.04 bits per heavy atom. The van der Waals surface area contributed by atoms with Gasteiger partial charge < -0.3 is 10.6 Å². The molecule has 0 atom stereocenters. The smallest absolute Gasteiger partial charge is 0.268 e. The molecule has 0 heterocycles. The fraction of sp³-hybridized carbons (Fsp3) is 0.0476. The van der Waals surface area contributed by atoms with Crippen LogP contribution in [0, 0.1) is 0 Å². The first-order valence-corrected chi connectivity index (χ1v) is 8.79. The Balaban J connectivity index is 2.17. The molecule has 4 nitrogen and oxygen atoms in total. The summed E-state index contributed by atoms with van der Waals surface area (Å²) in [6.45, 7) is 3.88. The maximum Gasteiger partial charge on any atom is 0.268 e. The summed E-state index contributed by atoms with van der Waals surface area (Å²) in [6.07, 6.45) is 6.72. The Morgan fingerprint density at radius 2 is 1.73 bits per heavy atom. The normalized spacial score (nSPS) is 11.2. The molecule has 0 bridgehead atoms. The number of halogens is 1. The summed E-state index contributed by atoms with van der Waals surface area (Å²) >= 11 is 3.33. The van der Waals surface area contributed by atoms with Crippen LogP contribution < -0.4 is 10.6 Å². The number of hydrogen-bond acceptors (Lipinski definition) is 2. The standard InChI is InChI=1S/C21H19BrN2O2/c1-2-15-23-21(26)19(10-6-9-16-7-4-3-5-8-16)24-20(25)17-11-13-18(22)14-12-17/h2-14H,1,15H2,(H,23,26)(H,24,25)/b9-6+,19-10+. The van der Waals surface area contributed by atoms with Crippen molar-refractivity contribution in [3.63, 3.8) is 0 Å². The van der Waals surface area contributed by atoms with E-state index in [1.807, 2.05) is 36.4 Å². The molecule has 2 N–H and O–H groups in total. The van der Waals surface area contributed by atoms with Gasteiger partial charge in [0.25, 0.3) is 11.8 Å². The van der Waals surface area contributed by atoms with E-state index >= 15 is 0 Å². The molecule has 0 aliphatic carbocycles.